The van der Waals surface area contributed by atoms with E-state index in [1.807, 2.05) is 20.8 Å². The molecule has 1 saturated heterocycles. The number of carbonyl (C=O) groups excluding carboxylic acids is 1. The molecule has 5 nitrogen and oxygen atoms in total. The molecule has 1 heterocycles. The molecule has 210 valence electrons. The summed E-state index contributed by atoms with van der Waals surface area (Å²) in [5, 5.41) is 17.0. The third-order valence-corrected chi connectivity index (χ3v) is 8.61. The second kappa shape index (κ2) is 11.7. The lowest BCUT2D eigenvalue weighted by atomic mass is 9.62. The van der Waals surface area contributed by atoms with Gasteiger partial charge in [-0.1, -0.05) is 68.2 Å². The van der Waals surface area contributed by atoms with E-state index in [0.29, 0.717) is 17.0 Å². The quantitative estimate of drug-likeness (QED) is 0.298. The summed E-state index contributed by atoms with van der Waals surface area (Å²) < 4.78 is 43.4. The van der Waals surface area contributed by atoms with Gasteiger partial charge in [-0.25, -0.2) is 8.78 Å². The number of nitriles is 1. The molecule has 5 atom stereocenters. The van der Waals surface area contributed by atoms with Crippen LogP contribution in [0, 0.1) is 28.4 Å². The highest BCUT2D eigenvalue weighted by Gasteiger charge is 2.61. The van der Waals surface area contributed by atoms with Crippen LogP contribution in [0.25, 0.3) is 0 Å². The van der Waals surface area contributed by atoms with E-state index in [9.17, 15) is 14.6 Å². The van der Waals surface area contributed by atoms with Gasteiger partial charge in [0, 0.05) is 34.3 Å². The van der Waals surface area contributed by atoms with Gasteiger partial charge < -0.3 is 15.2 Å². The second-order valence-electron chi connectivity index (χ2n) is 11.2. The van der Waals surface area contributed by atoms with Crippen molar-refractivity contribution < 1.29 is 18.1 Å². The fraction of sp³-hybridized carbons (Fsp3) is 0.333. The minimum Gasteiger partial charge on any atom is -0.612 e. The average Bonchev–Trinajstić information content (AvgIpc) is 3.18. The standard InChI is InChI=1S/C30H29Cl2F2N3O2S/c1-29(2,3)15-24-30(16-35,21-12-11-17(31)13-23(21)33)25(20-9-6-10-22(32)26(20)34)27(37-24)28(38)36-18-7-5-8-19(14-18)40(4)39/h5-14,24-25,27,37H,15H2,1-4H3,(H,36,38)/t24-,25-,27+,30-,40?/m0/s1. The summed E-state index contributed by atoms with van der Waals surface area (Å²) in [5.41, 5.74) is -1.68. The van der Waals surface area contributed by atoms with Crippen LogP contribution in [0.15, 0.2) is 65.6 Å². The van der Waals surface area contributed by atoms with Crippen molar-refractivity contribution in [2.45, 2.75) is 55.5 Å². The van der Waals surface area contributed by atoms with Gasteiger partial charge in [-0.15, -0.1) is 0 Å². The van der Waals surface area contributed by atoms with Crippen molar-refractivity contribution in [3.63, 3.8) is 0 Å². The Hall–Kier alpha value is -2.67. The molecule has 4 rings (SSSR count). The van der Waals surface area contributed by atoms with E-state index in [0.717, 1.165) is 6.07 Å². The zero-order chi connectivity index (χ0) is 29.4. The normalized spacial score (nSPS) is 23.4. The molecule has 0 spiro atoms. The Labute approximate surface area is 246 Å². The molecule has 0 aromatic heterocycles. The number of benzene rings is 3. The number of nitrogens with zero attached hydrogens (tertiary/aromatic N) is 1. The van der Waals surface area contributed by atoms with Gasteiger partial charge in [0.25, 0.3) is 0 Å². The summed E-state index contributed by atoms with van der Waals surface area (Å²) in [7, 11) is 0. The van der Waals surface area contributed by atoms with Gasteiger partial charge in [-0.3, -0.25) is 4.79 Å². The summed E-state index contributed by atoms with van der Waals surface area (Å²) in [6.07, 6.45) is 1.88. The van der Waals surface area contributed by atoms with Crippen molar-refractivity contribution in [2.24, 2.45) is 5.41 Å². The molecule has 1 unspecified atom stereocenters. The molecule has 3 aromatic rings. The van der Waals surface area contributed by atoms with Crippen molar-refractivity contribution in [1.82, 2.24) is 5.32 Å². The average molecular weight is 605 g/mol. The summed E-state index contributed by atoms with van der Waals surface area (Å²) >= 11 is 10.9. The predicted octanol–water partition coefficient (Wildman–Crippen LogP) is 6.97. The van der Waals surface area contributed by atoms with E-state index in [1.54, 1.807) is 24.3 Å². The summed E-state index contributed by atoms with van der Waals surface area (Å²) in [6, 6.07) is 15.3. The Morgan fingerprint density at radius 3 is 2.48 bits per heavy atom. The number of halogens is 4. The molecule has 0 radical (unpaired) electrons. The Bertz CT molecular complexity index is 1470. The maximum absolute atomic E-state index is 15.7. The molecule has 1 aliphatic rings. The molecule has 2 N–H and O–H groups in total. The van der Waals surface area contributed by atoms with Crippen molar-refractivity contribution in [3.05, 3.63) is 93.5 Å². The van der Waals surface area contributed by atoms with Crippen LogP contribution in [0.4, 0.5) is 14.5 Å². The topological polar surface area (TPSA) is 88.0 Å². The number of rotatable bonds is 6. The van der Waals surface area contributed by atoms with Gasteiger partial charge in [0.15, 0.2) is 4.90 Å². The first kappa shape index (κ1) is 30.3. The Morgan fingerprint density at radius 1 is 1.15 bits per heavy atom. The monoisotopic (exact) mass is 603 g/mol. The van der Waals surface area contributed by atoms with Crippen LogP contribution in [-0.2, 0) is 21.4 Å². The second-order valence-corrected chi connectivity index (χ2v) is 13.4. The van der Waals surface area contributed by atoms with E-state index < -0.39 is 52.1 Å². The number of amides is 1. The lowest BCUT2D eigenvalue weighted by Gasteiger charge is -2.37. The Balaban J connectivity index is 1.94. The van der Waals surface area contributed by atoms with Gasteiger partial charge in [0.05, 0.1) is 17.1 Å². The fourth-order valence-corrected chi connectivity index (χ4v) is 6.43. The van der Waals surface area contributed by atoms with Crippen molar-refractivity contribution >= 4 is 46.0 Å². The SMILES string of the molecule is C[S+]([O-])c1cccc(NC(=O)[C@@H]2N[C@@H](CC(C)(C)C)[C@](C#N)(c3ccc(Cl)cc3F)[C@H]2c2cccc(Cl)c2F)c1. The fourth-order valence-electron chi connectivity index (χ4n) is 5.53. The highest BCUT2D eigenvalue weighted by Crippen LogP contribution is 2.52. The van der Waals surface area contributed by atoms with Gasteiger partial charge in [0.1, 0.15) is 23.3 Å². The first-order valence-corrected chi connectivity index (χ1v) is 14.9. The highest BCUT2D eigenvalue weighted by molar-refractivity contribution is 7.90. The van der Waals surface area contributed by atoms with Gasteiger partial charge >= 0.3 is 0 Å². The number of anilines is 1. The minimum absolute atomic E-state index is 0.00389. The van der Waals surface area contributed by atoms with E-state index in [1.165, 1.54) is 36.6 Å². The maximum Gasteiger partial charge on any atom is 0.242 e. The van der Waals surface area contributed by atoms with E-state index in [2.05, 4.69) is 16.7 Å². The number of hydrogen-bond donors (Lipinski definition) is 2. The summed E-state index contributed by atoms with van der Waals surface area (Å²) in [5.74, 6) is -3.26. The minimum atomic E-state index is -1.72. The smallest absolute Gasteiger partial charge is 0.242 e. The molecule has 0 saturated carbocycles. The molecule has 1 fully saturated rings. The van der Waals surface area contributed by atoms with Crippen LogP contribution in [0.5, 0.6) is 0 Å². The lowest BCUT2D eigenvalue weighted by Crippen LogP contribution is -2.45. The van der Waals surface area contributed by atoms with Crippen molar-refractivity contribution in [1.29, 1.82) is 5.26 Å². The largest absolute Gasteiger partial charge is 0.612 e. The third kappa shape index (κ3) is 5.86. The molecular weight excluding hydrogens is 575 g/mol. The molecule has 40 heavy (non-hydrogen) atoms. The highest BCUT2D eigenvalue weighted by atomic mass is 35.5. The Kier molecular flexibility index (Phi) is 8.84. The number of nitrogens with one attached hydrogen (secondary N) is 2. The first-order chi connectivity index (χ1) is 18.8. The van der Waals surface area contributed by atoms with Crippen molar-refractivity contribution in [3.8, 4) is 6.07 Å². The molecule has 0 bridgehead atoms. The zero-order valence-electron chi connectivity index (χ0n) is 22.4. The lowest BCUT2D eigenvalue weighted by molar-refractivity contribution is -0.118. The van der Waals surface area contributed by atoms with Gasteiger partial charge in [-0.2, -0.15) is 5.26 Å². The molecule has 0 aliphatic carbocycles. The van der Waals surface area contributed by atoms with Crippen LogP contribution in [0.3, 0.4) is 0 Å². The van der Waals surface area contributed by atoms with Crippen LogP contribution < -0.4 is 10.6 Å². The van der Waals surface area contributed by atoms with Crippen LogP contribution in [-0.4, -0.2) is 28.8 Å². The van der Waals surface area contributed by atoms with E-state index in [-0.39, 0.29) is 26.6 Å². The Morgan fingerprint density at radius 2 is 1.85 bits per heavy atom. The predicted molar refractivity (Wildman–Crippen MR) is 155 cm³/mol. The number of hydrogen-bond acceptors (Lipinski definition) is 4. The summed E-state index contributed by atoms with van der Waals surface area (Å²) in [4.78, 5) is 14.4. The van der Waals surface area contributed by atoms with Gasteiger partial charge in [-0.05, 0) is 58.9 Å². The molecule has 10 heteroatoms. The number of carbonyl (C=O) groups is 1. The first-order valence-electron chi connectivity index (χ1n) is 12.6. The maximum atomic E-state index is 15.7. The molecule has 3 aromatic carbocycles. The van der Waals surface area contributed by atoms with Crippen LogP contribution in [0.1, 0.15) is 44.2 Å². The molecule has 1 aliphatic heterocycles. The summed E-state index contributed by atoms with van der Waals surface area (Å²) in [6.45, 7) is 5.90. The van der Waals surface area contributed by atoms with E-state index >= 15 is 8.78 Å². The van der Waals surface area contributed by atoms with Crippen LogP contribution in [0.2, 0.25) is 10.0 Å². The molecular formula is C30H29Cl2F2N3O2S. The van der Waals surface area contributed by atoms with Gasteiger partial charge in [0.2, 0.25) is 5.91 Å². The molecule has 1 amide bonds. The third-order valence-electron chi connectivity index (χ3n) is 7.17. The zero-order valence-corrected chi connectivity index (χ0v) is 24.7. The van der Waals surface area contributed by atoms with Crippen molar-refractivity contribution in [2.75, 3.05) is 11.6 Å². The van der Waals surface area contributed by atoms with Crippen LogP contribution >= 0.6 is 23.2 Å². The van der Waals surface area contributed by atoms with E-state index in [4.69, 9.17) is 23.2 Å².